The lowest BCUT2D eigenvalue weighted by molar-refractivity contribution is -0.147. The lowest BCUT2D eigenvalue weighted by Crippen LogP contribution is -2.41. The zero-order valence-electron chi connectivity index (χ0n) is 13.2. The van der Waals surface area contributed by atoms with Gasteiger partial charge in [0.2, 0.25) is 5.91 Å². The van der Waals surface area contributed by atoms with Gasteiger partial charge in [0.25, 0.3) is 0 Å². The van der Waals surface area contributed by atoms with Crippen molar-refractivity contribution in [1.82, 2.24) is 0 Å². The standard InChI is InChI=1S/C16H18ClNO6/c1-22-11-6-12(23-2)8(5-7(11)17)18-15(19)13-9-3-4-10(24-9)14(13)16(20)21/h5-6,9-10,13-14H,3-4H2,1-2H3,(H,18,19)(H,20,21)/t9-,10+,13-,14-/m0/s1. The van der Waals surface area contributed by atoms with Gasteiger partial charge >= 0.3 is 5.97 Å². The number of rotatable bonds is 5. The van der Waals surface area contributed by atoms with Crippen molar-refractivity contribution in [3.8, 4) is 11.5 Å². The Balaban J connectivity index is 1.84. The molecule has 3 rings (SSSR count). The summed E-state index contributed by atoms with van der Waals surface area (Å²) in [6, 6.07) is 3.07. The summed E-state index contributed by atoms with van der Waals surface area (Å²) in [4.78, 5) is 24.2. The van der Waals surface area contributed by atoms with Crippen LogP contribution in [0.4, 0.5) is 5.69 Å². The van der Waals surface area contributed by atoms with E-state index < -0.39 is 29.8 Å². The van der Waals surface area contributed by atoms with Crippen molar-refractivity contribution in [3.63, 3.8) is 0 Å². The highest BCUT2D eigenvalue weighted by Gasteiger charge is 2.55. The Morgan fingerprint density at radius 2 is 1.79 bits per heavy atom. The maximum atomic E-state index is 12.7. The number of carboxylic acids is 1. The van der Waals surface area contributed by atoms with E-state index in [1.54, 1.807) is 6.07 Å². The Bertz CT molecular complexity index is 679. The van der Waals surface area contributed by atoms with Crippen LogP contribution in [0.1, 0.15) is 12.8 Å². The number of carboxylic acid groups (broad SMARTS) is 1. The first-order chi connectivity index (χ1) is 11.5. The predicted molar refractivity (Wildman–Crippen MR) is 85.7 cm³/mol. The molecule has 0 spiro atoms. The predicted octanol–water partition coefficient (Wildman–Crippen LogP) is 2.17. The fraction of sp³-hybridized carbons (Fsp3) is 0.500. The van der Waals surface area contributed by atoms with Crippen molar-refractivity contribution in [2.45, 2.75) is 25.0 Å². The van der Waals surface area contributed by atoms with Crippen molar-refractivity contribution >= 4 is 29.2 Å². The molecule has 1 aromatic carbocycles. The molecular weight excluding hydrogens is 338 g/mol. The van der Waals surface area contributed by atoms with Gasteiger partial charge in [-0.1, -0.05) is 11.6 Å². The number of carbonyl (C=O) groups excluding carboxylic acids is 1. The van der Waals surface area contributed by atoms with Crippen LogP contribution < -0.4 is 14.8 Å². The van der Waals surface area contributed by atoms with Crippen LogP contribution in [-0.4, -0.2) is 43.4 Å². The fourth-order valence-corrected chi connectivity index (χ4v) is 3.74. The monoisotopic (exact) mass is 355 g/mol. The lowest BCUT2D eigenvalue weighted by Gasteiger charge is -2.24. The second-order valence-electron chi connectivity index (χ2n) is 5.86. The van der Waals surface area contributed by atoms with E-state index in [0.717, 1.165) is 0 Å². The van der Waals surface area contributed by atoms with Gasteiger partial charge in [-0.25, -0.2) is 0 Å². The smallest absolute Gasteiger partial charge is 0.310 e. The molecule has 2 aliphatic rings. The molecule has 0 aliphatic carbocycles. The van der Waals surface area contributed by atoms with E-state index >= 15 is 0 Å². The van der Waals surface area contributed by atoms with Gasteiger partial charge in [0.15, 0.2) is 0 Å². The number of hydrogen-bond donors (Lipinski definition) is 2. The number of fused-ring (bicyclic) bond motifs is 2. The highest BCUT2D eigenvalue weighted by atomic mass is 35.5. The number of benzene rings is 1. The molecular formula is C16H18ClNO6. The zero-order valence-corrected chi connectivity index (χ0v) is 14.0. The summed E-state index contributed by atoms with van der Waals surface area (Å²) in [5.74, 6) is -2.19. The summed E-state index contributed by atoms with van der Waals surface area (Å²) in [6.07, 6.45) is 0.594. The average Bonchev–Trinajstić information content (AvgIpc) is 3.16. The molecule has 0 aromatic heterocycles. The van der Waals surface area contributed by atoms with Crippen LogP contribution >= 0.6 is 11.6 Å². The van der Waals surface area contributed by atoms with Crippen LogP contribution in [0, 0.1) is 11.8 Å². The molecule has 1 amide bonds. The first kappa shape index (κ1) is 16.9. The van der Waals surface area contributed by atoms with Gasteiger partial charge in [0.1, 0.15) is 11.5 Å². The molecule has 2 heterocycles. The van der Waals surface area contributed by atoms with Gasteiger partial charge in [0, 0.05) is 6.07 Å². The van der Waals surface area contributed by atoms with Gasteiger partial charge in [-0.05, 0) is 18.9 Å². The average molecular weight is 356 g/mol. The summed E-state index contributed by atoms with van der Waals surface area (Å²) in [5, 5.41) is 12.4. The molecule has 2 fully saturated rings. The summed E-state index contributed by atoms with van der Waals surface area (Å²) in [6.45, 7) is 0. The third-order valence-electron chi connectivity index (χ3n) is 4.59. The Morgan fingerprint density at radius 3 is 2.38 bits per heavy atom. The second kappa shape index (κ2) is 6.49. The number of carbonyl (C=O) groups is 2. The van der Waals surface area contributed by atoms with E-state index in [1.165, 1.54) is 20.3 Å². The number of anilines is 1. The van der Waals surface area contributed by atoms with Gasteiger partial charge < -0.3 is 24.6 Å². The van der Waals surface area contributed by atoms with E-state index in [-0.39, 0.29) is 6.10 Å². The quantitative estimate of drug-likeness (QED) is 0.840. The van der Waals surface area contributed by atoms with Crippen LogP contribution in [0.25, 0.3) is 0 Å². The Kier molecular flexibility index (Phi) is 4.56. The Morgan fingerprint density at radius 1 is 1.17 bits per heavy atom. The second-order valence-corrected chi connectivity index (χ2v) is 6.26. The molecule has 24 heavy (non-hydrogen) atoms. The molecule has 7 nitrogen and oxygen atoms in total. The maximum absolute atomic E-state index is 12.7. The number of methoxy groups -OCH3 is 2. The van der Waals surface area contributed by atoms with E-state index in [2.05, 4.69) is 5.32 Å². The first-order valence-electron chi connectivity index (χ1n) is 7.57. The third kappa shape index (κ3) is 2.78. The molecule has 4 atom stereocenters. The summed E-state index contributed by atoms with van der Waals surface area (Å²) in [5.41, 5.74) is 0.361. The Labute approximate surface area is 143 Å². The molecule has 130 valence electrons. The minimum absolute atomic E-state index is 0.313. The maximum Gasteiger partial charge on any atom is 0.310 e. The molecule has 0 radical (unpaired) electrons. The minimum atomic E-state index is -1.01. The lowest BCUT2D eigenvalue weighted by atomic mass is 9.78. The van der Waals surface area contributed by atoms with Crippen LogP contribution in [0.3, 0.4) is 0 Å². The molecule has 2 N–H and O–H groups in total. The third-order valence-corrected chi connectivity index (χ3v) is 4.89. The minimum Gasteiger partial charge on any atom is -0.495 e. The van der Waals surface area contributed by atoms with Crippen LogP contribution in [0.2, 0.25) is 5.02 Å². The largest absolute Gasteiger partial charge is 0.495 e. The van der Waals surface area contributed by atoms with Gasteiger partial charge in [-0.2, -0.15) is 0 Å². The molecule has 2 saturated heterocycles. The van der Waals surface area contributed by atoms with E-state index in [1.807, 2.05) is 0 Å². The SMILES string of the molecule is COc1cc(OC)c(NC(=O)[C@@H]2[C@@H](C(=O)O)[C@H]3CC[C@@H]2O3)cc1Cl. The van der Waals surface area contributed by atoms with Crippen molar-refractivity contribution < 1.29 is 28.9 Å². The highest BCUT2D eigenvalue weighted by molar-refractivity contribution is 6.32. The van der Waals surface area contributed by atoms with Gasteiger partial charge in [-0.15, -0.1) is 0 Å². The molecule has 2 bridgehead atoms. The number of nitrogens with one attached hydrogen (secondary N) is 1. The van der Waals surface area contributed by atoms with Crippen LogP contribution in [0.5, 0.6) is 11.5 Å². The number of halogens is 1. The zero-order chi connectivity index (χ0) is 17.4. The van der Waals surface area contributed by atoms with E-state index in [9.17, 15) is 14.7 Å². The van der Waals surface area contributed by atoms with Gasteiger partial charge in [-0.3, -0.25) is 9.59 Å². The molecule has 2 aliphatic heterocycles. The highest BCUT2D eigenvalue weighted by Crippen LogP contribution is 2.44. The van der Waals surface area contributed by atoms with E-state index in [0.29, 0.717) is 35.1 Å². The van der Waals surface area contributed by atoms with Crippen molar-refractivity contribution in [2.24, 2.45) is 11.8 Å². The fourth-order valence-electron chi connectivity index (χ4n) is 3.50. The van der Waals surface area contributed by atoms with Crippen LogP contribution in [-0.2, 0) is 14.3 Å². The summed E-state index contributed by atoms with van der Waals surface area (Å²) in [7, 11) is 2.93. The topological polar surface area (TPSA) is 94.1 Å². The first-order valence-corrected chi connectivity index (χ1v) is 7.94. The molecule has 8 heteroatoms. The Hall–Kier alpha value is -1.99. The molecule has 0 saturated carbocycles. The number of ether oxygens (including phenoxy) is 3. The van der Waals surface area contributed by atoms with E-state index in [4.69, 9.17) is 25.8 Å². The van der Waals surface area contributed by atoms with Crippen molar-refractivity contribution in [2.75, 3.05) is 19.5 Å². The number of amides is 1. The normalized spacial score (nSPS) is 27.8. The number of aliphatic carboxylic acids is 1. The summed E-state index contributed by atoms with van der Waals surface area (Å²) < 4.78 is 16.0. The molecule has 1 aromatic rings. The van der Waals surface area contributed by atoms with Crippen molar-refractivity contribution in [1.29, 1.82) is 0 Å². The van der Waals surface area contributed by atoms with Crippen molar-refractivity contribution in [3.05, 3.63) is 17.2 Å². The molecule has 0 unspecified atom stereocenters. The van der Waals surface area contributed by atoms with Crippen LogP contribution in [0.15, 0.2) is 12.1 Å². The number of hydrogen-bond acceptors (Lipinski definition) is 5. The summed E-state index contributed by atoms with van der Waals surface area (Å²) >= 11 is 6.09. The van der Waals surface area contributed by atoms with Gasteiger partial charge in [0.05, 0.1) is 49.0 Å².